The number of benzene rings is 1. The molecule has 0 amide bonds. The third-order valence-corrected chi connectivity index (χ3v) is 4.64. The second kappa shape index (κ2) is 6.02. The largest absolute Gasteiger partial charge is 0.389 e. The molecule has 0 saturated carbocycles. The minimum atomic E-state index is 0.482. The SMILES string of the molecule is CCC1CCC(C)N1Cc1ccc(C(N)=S)cc1C. The average Bonchev–Trinajstić information content (AvgIpc) is 2.72. The van der Waals surface area contributed by atoms with E-state index in [0.29, 0.717) is 11.0 Å². The summed E-state index contributed by atoms with van der Waals surface area (Å²) in [6.45, 7) is 7.83. The van der Waals surface area contributed by atoms with Gasteiger partial charge in [-0.2, -0.15) is 0 Å². The van der Waals surface area contributed by atoms with Crippen molar-refractivity contribution in [2.24, 2.45) is 5.73 Å². The van der Waals surface area contributed by atoms with E-state index in [1.807, 2.05) is 6.07 Å². The zero-order chi connectivity index (χ0) is 14.0. The summed E-state index contributed by atoms with van der Waals surface area (Å²) < 4.78 is 0. The van der Waals surface area contributed by atoms with Crippen LogP contribution in [-0.4, -0.2) is 22.0 Å². The lowest BCUT2D eigenvalue weighted by molar-refractivity contribution is 0.189. The molecule has 0 aromatic heterocycles. The Labute approximate surface area is 122 Å². The number of aryl methyl sites for hydroxylation is 1. The Morgan fingerprint density at radius 2 is 2.16 bits per heavy atom. The van der Waals surface area contributed by atoms with E-state index in [1.54, 1.807) is 0 Å². The molecule has 2 rings (SSSR count). The molecule has 0 spiro atoms. The summed E-state index contributed by atoms with van der Waals surface area (Å²) in [5, 5.41) is 0. The van der Waals surface area contributed by atoms with E-state index in [9.17, 15) is 0 Å². The normalized spacial score (nSPS) is 23.7. The molecule has 1 aromatic carbocycles. The highest BCUT2D eigenvalue weighted by Crippen LogP contribution is 2.28. The molecule has 104 valence electrons. The molecule has 1 aliphatic heterocycles. The van der Waals surface area contributed by atoms with Gasteiger partial charge >= 0.3 is 0 Å². The Kier molecular flexibility index (Phi) is 4.58. The van der Waals surface area contributed by atoms with E-state index < -0.39 is 0 Å². The van der Waals surface area contributed by atoms with Crippen molar-refractivity contribution in [1.82, 2.24) is 4.90 Å². The van der Waals surface area contributed by atoms with Crippen molar-refractivity contribution < 1.29 is 0 Å². The summed E-state index contributed by atoms with van der Waals surface area (Å²) in [6.07, 6.45) is 3.90. The van der Waals surface area contributed by atoms with E-state index in [0.717, 1.165) is 18.2 Å². The predicted octanol–water partition coefficient (Wildman–Crippen LogP) is 3.39. The Balaban J connectivity index is 2.17. The summed E-state index contributed by atoms with van der Waals surface area (Å²) in [6, 6.07) is 7.78. The van der Waals surface area contributed by atoms with E-state index in [4.69, 9.17) is 18.0 Å². The zero-order valence-electron chi connectivity index (χ0n) is 12.1. The lowest BCUT2D eigenvalue weighted by atomic mass is 10.0. The second-order valence-electron chi connectivity index (χ2n) is 5.67. The smallest absolute Gasteiger partial charge is 0.103 e. The summed E-state index contributed by atoms with van der Waals surface area (Å²) >= 11 is 5.03. The number of likely N-dealkylation sites (tertiary alicyclic amines) is 1. The van der Waals surface area contributed by atoms with E-state index in [2.05, 4.69) is 37.8 Å². The zero-order valence-corrected chi connectivity index (χ0v) is 13.0. The second-order valence-corrected chi connectivity index (χ2v) is 6.11. The van der Waals surface area contributed by atoms with Crippen molar-refractivity contribution in [3.63, 3.8) is 0 Å². The molecule has 2 atom stereocenters. The first-order valence-electron chi connectivity index (χ1n) is 7.18. The third kappa shape index (κ3) is 3.15. The van der Waals surface area contributed by atoms with Gasteiger partial charge in [-0.05, 0) is 50.3 Å². The van der Waals surface area contributed by atoms with Crippen LogP contribution < -0.4 is 5.73 Å². The van der Waals surface area contributed by atoms with Crippen LogP contribution in [0.5, 0.6) is 0 Å². The van der Waals surface area contributed by atoms with Gasteiger partial charge in [-0.1, -0.05) is 31.3 Å². The van der Waals surface area contributed by atoms with Crippen LogP contribution in [0.25, 0.3) is 0 Å². The number of hydrogen-bond donors (Lipinski definition) is 1. The van der Waals surface area contributed by atoms with E-state index in [-0.39, 0.29) is 0 Å². The van der Waals surface area contributed by atoms with Gasteiger partial charge in [0.05, 0.1) is 0 Å². The van der Waals surface area contributed by atoms with Crippen molar-refractivity contribution in [1.29, 1.82) is 0 Å². The molecule has 1 fully saturated rings. The van der Waals surface area contributed by atoms with Crippen molar-refractivity contribution >= 4 is 17.2 Å². The third-order valence-electron chi connectivity index (χ3n) is 4.40. The molecule has 2 N–H and O–H groups in total. The summed E-state index contributed by atoms with van der Waals surface area (Å²) in [4.78, 5) is 3.12. The van der Waals surface area contributed by atoms with Gasteiger partial charge in [0.2, 0.25) is 0 Å². The minimum absolute atomic E-state index is 0.482. The van der Waals surface area contributed by atoms with E-state index >= 15 is 0 Å². The summed E-state index contributed by atoms with van der Waals surface area (Å²) in [5.41, 5.74) is 9.34. The van der Waals surface area contributed by atoms with Gasteiger partial charge in [0.1, 0.15) is 4.99 Å². The predicted molar refractivity (Wildman–Crippen MR) is 85.4 cm³/mol. The van der Waals surface area contributed by atoms with Crippen molar-refractivity contribution in [2.75, 3.05) is 0 Å². The number of thiocarbonyl (C=S) groups is 1. The molecular formula is C16H24N2S. The van der Waals surface area contributed by atoms with Crippen LogP contribution >= 0.6 is 12.2 Å². The average molecular weight is 276 g/mol. The highest BCUT2D eigenvalue weighted by atomic mass is 32.1. The molecule has 0 aliphatic carbocycles. The molecule has 0 radical (unpaired) electrons. The monoisotopic (exact) mass is 276 g/mol. The maximum atomic E-state index is 5.68. The van der Waals surface area contributed by atoms with Crippen LogP contribution in [-0.2, 0) is 6.54 Å². The van der Waals surface area contributed by atoms with Gasteiger partial charge in [-0.25, -0.2) is 0 Å². The fraction of sp³-hybridized carbons (Fsp3) is 0.562. The molecule has 2 unspecified atom stereocenters. The Morgan fingerprint density at radius 1 is 1.42 bits per heavy atom. The Morgan fingerprint density at radius 3 is 2.74 bits per heavy atom. The van der Waals surface area contributed by atoms with Crippen LogP contribution in [0, 0.1) is 6.92 Å². The van der Waals surface area contributed by atoms with Crippen molar-refractivity contribution in [3.8, 4) is 0 Å². The molecule has 1 heterocycles. The van der Waals surface area contributed by atoms with Crippen LogP contribution in [0.4, 0.5) is 0 Å². The van der Waals surface area contributed by atoms with Gasteiger partial charge in [0, 0.05) is 24.2 Å². The lowest BCUT2D eigenvalue weighted by Crippen LogP contribution is -2.33. The molecule has 1 saturated heterocycles. The van der Waals surface area contributed by atoms with Crippen LogP contribution in [0.1, 0.15) is 49.8 Å². The van der Waals surface area contributed by atoms with Gasteiger partial charge in [-0.15, -0.1) is 0 Å². The molecule has 2 nitrogen and oxygen atoms in total. The fourth-order valence-corrected chi connectivity index (χ4v) is 3.20. The summed E-state index contributed by atoms with van der Waals surface area (Å²) in [7, 11) is 0. The summed E-state index contributed by atoms with van der Waals surface area (Å²) in [5.74, 6) is 0. The van der Waals surface area contributed by atoms with Crippen molar-refractivity contribution in [3.05, 3.63) is 34.9 Å². The molecular weight excluding hydrogens is 252 g/mol. The fourth-order valence-electron chi connectivity index (χ4n) is 3.07. The topological polar surface area (TPSA) is 29.3 Å². The van der Waals surface area contributed by atoms with E-state index in [1.165, 1.54) is 30.4 Å². The van der Waals surface area contributed by atoms with Crippen LogP contribution in [0.3, 0.4) is 0 Å². The van der Waals surface area contributed by atoms with Crippen LogP contribution in [0.15, 0.2) is 18.2 Å². The maximum Gasteiger partial charge on any atom is 0.103 e. The minimum Gasteiger partial charge on any atom is -0.389 e. The number of nitrogens with two attached hydrogens (primary N) is 1. The Bertz CT molecular complexity index is 470. The first-order valence-corrected chi connectivity index (χ1v) is 7.58. The Hall–Kier alpha value is -0.930. The number of rotatable bonds is 4. The lowest BCUT2D eigenvalue weighted by Gasteiger charge is -2.28. The molecule has 1 aliphatic rings. The highest BCUT2D eigenvalue weighted by molar-refractivity contribution is 7.80. The molecule has 3 heteroatoms. The number of hydrogen-bond acceptors (Lipinski definition) is 2. The highest BCUT2D eigenvalue weighted by Gasteiger charge is 2.29. The first kappa shape index (κ1) is 14.5. The molecule has 19 heavy (non-hydrogen) atoms. The van der Waals surface area contributed by atoms with Gasteiger partial charge in [0.15, 0.2) is 0 Å². The first-order chi connectivity index (χ1) is 9.02. The molecule has 0 bridgehead atoms. The standard InChI is InChI=1S/C16H24N2S/c1-4-15-8-5-12(3)18(15)10-14-7-6-13(16(17)19)9-11(14)2/h6-7,9,12,15H,4-5,8,10H2,1-3H3,(H2,17,19). The van der Waals surface area contributed by atoms with Crippen molar-refractivity contribution in [2.45, 2.75) is 58.7 Å². The van der Waals surface area contributed by atoms with Gasteiger partial charge in [-0.3, -0.25) is 4.90 Å². The molecule has 1 aromatic rings. The van der Waals surface area contributed by atoms with Gasteiger partial charge < -0.3 is 5.73 Å². The quantitative estimate of drug-likeness (QED) is 0.855. The van der Waals surface area contributed by atoms with Crippen LogP contribution in [0.2, 0.25) is 0 Å². The van der Waals surface area contributed by atoms with Gasteiger partial charge in [0.25, 0.3) is 0 Å². The number of nitrogens with zero attached hydrogens (tertiary/aromatic N) is 1. The maximum absolute atomic E-state index is 5.68.